The summed E-state index contributed by atoms with van der Waals surface area (Å²) in [5.74, 6) is 0.856. The number of nitrogens with zero attached hydrogens (tertiary/aromatic N) is 1. The number of benzene rings is 1. The molecule has 0 unspecified atom stereocenters. The molecule has 1 aliphatic carbocycles. The number of rotatable bonds is 7. The van der Waals surface area contributed by atoms with Crippen LogP contribution in [0.4, 0.5) is 0 Å². The van der Waals surface area contributed by atoms with Gasteiger partial charge in [-0.25, -0.2) is 0 Å². The summed E-state index contributed by atoms with van der Waals surface area (Å²) in [5, 5.41) is 2.09. The Bertz CT molecular complexity index is 682. The molecule has 1 amide bonds. The number of carbonyl (C=O) groups is 1. The van der Waals surface area contributed by atoms with Crippen molar-refractivity contribution in [3.63, 3.8) is 0 Å². The summed E-state index contributed by atoms with van der Waals surface area (Å²) >= 11 is 1.75. The molecule has 1 fully saturated rings. The zero-order chi connectivity index (χ0) is 17.9. The molecule has 1 saturated carbocycles. The van der Waals surface area contributed by atoms with Crippen molar-refractivity contribution in [3.8, 4) is 5.75 Å². The number of thiophene rings is 1. The second kappa shape index (κ2) is 7.61. The van der Waals surface area contributed by atoms with Gasteiger partial charge in [0.25, 0.3) is 5.91 Å². The quantitative estimate of drug-likeness (QED) is 0.721. The molecular formula is C21H27NO2S. The zero-order valence-electron chi connectivity index (χ0n) is 15.3. The van der Waals surface area contributed by atoms with Gasteiger partial charge in [-0.3, -0.25) is 4.79 Å². The van der Waals surface area contributed by atoms with Crippen molar-refractivity contribution in [3.05, 3.63) is 52.2 Å². The van der Waals surface area contributed by atoms with Gasteiger partial charge in [-0.2, -0.15) is 0 Å². The van der Waals surface area contributed by atoms with Crippen LogP contribution < -0.4 is 4.74 Å². The molecule has 0 radical (unpaired) electrons. The van der Waals surface area contributed by atoms with Gasteiger partial charge in [0.15, 0.2) is 6.61 Å². The minimum atomic E-state index is 0.0963. The van der Waals surface area contributed by atoms with Crippen molar-refractivity contribution in [2.75, 3.05) is 13.2 Å². The molecule has 4 heteroatoms. The highest BCUT2D eigenvalue weighted by atomic mass is 32.1. The van der Waals surface area contributed by atoms with Crippen LogP contribution in [0, 0.1) is 0 Å². The van der Waals surface area contributed by atoms with E-state index in [1.54, 1.807) is 11.3 Å². The second-order valence-corrected chi connectivity index (χ2v) is 8.74. The predicted octanol–water partition coefficient (Wildman–Crippen LogP) is 4.66. The van der Waals surface area contributed by atoms with Gasteiger partial charge in [0.2, 0.25) is 0 Å². The molecule has 0 saturated heterocycles. The van der Waals surface area contributed by atoms with Crippen LogP contribution in [0.1, 0.15) is 44.1 Å². The fourth-order valence-corrected chi connectivity index (χ4v) is 3.56. The Hall–Kier alpha value is -1.81. The minimum absolute atomic E-state index is 0.0963. The molecule has 0 aliphatic heterocycles. The van der Waals surface area contributed by atoms with Gasteiger partial charge in [0.05, 0.1) is 0 Å². The molecule has 0 spiro atoms. The van der Waals surface area contributed by atoms with Gasteiger partial charge in [-0.1, -0.05) is 39.0 Å². The third-order valence-electron chi connectivity index (χ3n) is 4.57. The lowest BCUT2D eigenvalue weighted by atomic mass is 9.87. The van der Waals surface area contributed by atoms with Gasteiger partial charge in [0, 0.05) is 17.5 Å². The summed E-state index contributed by atoms with van der Waals surface area (Å²) < 4.78 is 5.74. The van der Waals surface area contributed by atoms with Crippen molar-refractivity contribution in [2.45, 2.75) is 51.5 Å². The van der Waals surface area contributed by atoms with Gasteiger partial charge in [0.1, 0.15) is 5.75 Å². The molecule has 1 aliphatic rings. The molecule has 1 aromatic carbocycles. The van der Waals surface area contributed by atoms with Crippen LogP contribution in [-0.4, -0.2) is 30.0 Å². The highest BCUT2D eigenvalue weighted by Gasteiger charge is 2.32. The minimum Gasteiger partial charge on any atom is -0.484 e. The van der Waals surface area contributed by atoms with E-state index in [1.165, 1.54) is 10.4 Å². The smallest absolute Gasteiger partial charge is 0.260 e. The molecule has 134 valence electrons. The molecule has 1 heterocycles. The van der Waals surface area contributed by atoms with Gasteiger partial charge >= 0.3 is 0 Å². The third-order valence-corrected chi connectivity index (χ3v) is 5.51. The molecule has 1 aromatic heterocycles. The van der Waals surface area contributed by atoms with Crippen molar-refractivity contribution < 1.29 is 9.53 Å². The van der Waals surface area contributed by atoms with Gasteiger partial charge in [-0.05, 0) is 53.8 Å². The van der Waals surface area contributed by atoms with Gasteiger partial charge < -0.3 is 9.64 Å². The van der Waals surface area contributed by atoms with Crippen LogP contribution in [-0.2, 0) is 16.6 Å². The summed E-state index contributed by atoms with van der Waals surface area (Å²) in [7, 11) is 0. The lowest BCUT2D eigenvalue weighted by Crippen LogP contribution is -2.38. The maximum absolute atomic E-state index is 12.6. The maximum atomic E-state index is 12.6. The first-order valence-electron chi connectivity index (χ1n) is 8.99. The third kappa shape index (κ3) is 5.08. The van der Waals surface area contributed by atoms with Crippen molar-refractivity contribution >= 4 is 17.2 Å². The van der Waals surface area contributed by atoms with E-state index in [2.05, 4.69) is 50.4 Å². The molecule has 3 nitrogen and oxygen atoms in total. The highest BCUT2D eigenvalue weighted by molar-refractivity contribution is 7.09. The lowest BCUT2D eigenvalue weighted by Gasteiger charge is -2.22. The number of ether oxygens (including phenoxy) is 1. The molecule has 0 N–H and O–H groups in total. The van der Waals surface area contributed by atoms with Crippen LogP contribution in [0.15, 0.2) is 41.8 Å². The van der Waals surface area contributed by atoms with Crippen LogP contribution >= 0.6 is 11.3 Å². The summed E-state index contributed by atoms with van der Waals surface area (Å²) in [6.45, 7) is 7.47. The molecule has 3 rings (SSSR count). The van der Waals surface area contributed by atoms with Crippen LogP contribution in [0.25, 0.3) is 0 Å². The predicted molar refractivity (Wildman–Crippen MR) is 103 cm³/mol. The first-order chi connectivity index (χ1) is 11.9. The number of carbonyl (C=O) groups excluding carboxylic acids is 1. The van der Waals surface area contributed by atoms with E-state index in [1.807, 2.05) is 17.0 Å². The fraction of sp³-hybridized carbons (Fsp3) is 0.476. The van der Waals surface area contributed by atoms with Crippen molar-refractivity contribution in [1.82, 2.24) is 4.90 Å². The summed E-state index contributed by atoms with van der Waals surface area (Å²) in [5.41, 5.74) is 1.39. The van der Waals surface area contributed by atoms with E-state index in [9.17, 15) is 4.79 Å². The molecule has 2 aromatic rings. The standard InChI is InChI=1S/C21H27NO2S/c1-21(2,3)16-6-10-18(11-7-16)24-15-20(23)22(17-8-9-17)13-12-19-5-4-14-25-19/h4-7,10-11,14,17H,8-9,12-13,15H2,1-3H3. The van der Waals surface area contributed by atoms with E-state index in [0.717, 1.165) is 31.6 Å². The first kappa shape index (κ1) is 18.0. The van der Waals surface area contributed by atoms with Gasteiger partial charge in [-0.15, -0.1) is 11.3 Å². The van der Waals surface area contributed by atoms with Crippen LogP contribution in [0.5, 0.6) is 5.75 Å². The van der Waals surface area contributed by atoms with E-state index in [0.29, 0.717) is 6.04 Å². The van der Waals surface area contributed by atoms with Crippen molar-refractivity contribution in [1.29, 1.82) is 0 Å². The second-order valence-electron chi connectivity index (χ2n) is 7.71. The zero-order valence-corrected chi connectivity index (χ0v) is 16.1. The maximum Gasteiger partial charge on any atom is 0.260 e. The molecular weight excluding hydrogens is 330 g/mol. The summed E-state index contributed by atoms with van der Waals surface area (Å²) in [6.07, 6.45) is 3.17. The Labute approximate surface area is 154 Å². The highest BCUT2D eigenvalue weighted by Crippen LogP contribution is 2.28. The lowest BCUT2D eigenvalue weighted by molar-refractivity contribution is -0.133. The number of hydrogen-bond donors (Lipinski definition) is 0. The van der Waals surface area contributed by atoms with E-state index >= 15 is 0 Å². The molecule has 0 atom stereocenters. The van der Waals surface area contributed by atoms with Crippen LogP contribution in [0.3, 0.4) is 0 Å². The Kier molecular flexibility index (Phi) is 5.48. The van der Waals surface area contributed by atoms with Crippen molar-refractivity contribution in [2.24, 2.45) is 0 Å². The Balaban J connectivity index is 1.53. The summed E-state index contributed by atoms with van der Waals surface area (Å²) in [4.78, 5) is 15.9. The first-order valence-corrected chi connectivity index (χ1v) is 9.86. The topological polar surface area (TPSA) is 29.5 Å². The van der Waals surface area contributed by atoms with E-state index in [4.69, 9.17) is 4.74 Å². The fourth-order valence-electron chi connectivity index (χ4n) is 2.86. The largest absolute Gasteiger partial charge is 0.484 e. The van der Waals surface area contributed by atoms with E-state index < -0.39 is 0 Å². The molecule has 25 heavy (non-hydrogen) atoms. The summed E-state index contributed by atoms with van der Waals surface area (Å²) in [6, 6.07) is 12.7. The Morgan fingerprint density at radius 3 is 2.48 bits per heavy atom. The SMILES string of the molecule is CC(C)(C)c1ccc(OCC(=O)N(CCc2cccs2)C2CC2)cc1. The Morgan fingerprint density at radius 2 is 1.92 bits per heavy atom. The average Bonchev–Trinajstić information content (AvgIpc) is 3.27. The van der Waals surface area contributed by atoms with Crippen LogP contribution in [0.2, 0.25) is 0 Å². The molecule has 0 bridgehead atoms. The average molecular weight is 358 g/mol. The number of amides is 1. The normalized spacial score (nSPS) is 14.4. The monoisotopic (exact) mass is 357 g/mol. The van der Waals surface area contributed by atoms with E-state index in [-0.39, 0.29) is 17.9 Å². The Morgan fingerprint density at radius 1 is 1.20 bits per heavy atom. The number of hydrogen-bond acceptors (Lipinski definition) is 3.